The maximum Gasteiger partial charge on any atom is 0.268 e. The second-order valence-electron chi connectivity index (χ2n) is 7.66. The Bertz CT molecular complexity index is 1330. The Hall–Kier alpha value is -4.13. The predicted molar refractivity (Wildman–Crippen MR) is 120 cm³/mol. The number of carbonyl (C=O) groups excluding carboxylic acids is 2. The fourth-order valence-corrected chi connectivity index (χ4v) is 3.94. The summed E-state index contributed by atoms with van der Waals surface area (Å²) in [5, 5.41) is 3.62. The van der Waals surface area contributed by atoms with Crippen LogP contribution in [0.3, 0.4) is 0 Å². The van der Waals surface area contributed by atoms with Crippen LogP contribution in [-0.2, 0) is 4.79 Å². The Balaban J connectivity index is 1.41. The summed E-state index contributed by atoms with van der Waals surface area (Å²) in [4.78, 5) is 30.5. The molecule has 160 valence electrons. The third kappa shape index (κ3) is 3.47. The molecule has 5 rings (SSSR count). The second kappa shape index (κ2) is 7.85. The van der Waals surface area contributed by atoms with Crippen molar-refractivity contribution in [1.29, 1.82) is 0 Å². The number of nitrogens with one attached hydrogen (secondary N) is 2. The van der Waals surface area contributed by atoms with E-state index < -0.39 is 11.9 Å². The molecule has 0 radical (unpaired) electrons. The molecule has 1 atom stereocenters. The van der Waals surface area contributed by atoms with E-state index in [4.69, 9.17) is 4.74 Å². The first kappa shape index (κ1) is 19.8. The Labute approximate surface area is 183 Å². The van der Waals surface area contributed by atoms with Crippen LogP contribution in [0.15, 0.2) is 72.8 Å². The third-order valence-corrected chi connectivity index (χ3v) is 5.62. The summed E-state index contributed by atoms with van der Waals surface area (Å²) in [6.45, 7) is 0.0347. The van der Waals surface area contributed by atoms with E-state index in [2.05, 4.69) is 10.3 Å². The number of H-pyrrole nitrogens is 1. The molecule has 0 saturated carbocycles. The van der Waals surface area contributed by atoms with Gasteiger partial charge in [0.1, 0.15) is 29.9 Å². The molecule has 1 aliphatic heterocycles. The van der Waals surface area contributed by atoms with Gasteiger partial charge in [0, 0.05) is 18.0 Å². The number of aromatic amines is 1. The summed E-state index contributed by atoms with van der Waals surface area (Å²) in [5.74, 6) is -0.386. The van der Waals surface area contributed by atoms with E-state index >= 15 is 0 Å². The number of ether oxygens (including phenoxy) is 1. The van der Waals surface area contributed by atoms with E-state index in [0.29, 0.717) is 17.1 Å². The minimum absolute atomic E-state index is 0.0347. The summed E-state index contributed by atoms with van der Waals surface area (Å²) in [6.07, 6.45) is 0. The standard InChI is InChI=1S/C25H20FN3O3/c1-29-21-7-2-3-8-22(21)32-14-20(25(29)31)28-24(30)19-13-16-5-4-6-18(23(16)27-19)15-9-11-17(26)12-10-15/h2-13,20,27H,14H2,1H3,(H,28,30)/t20-/m0/s1. The molecule has 1 aromatic heterocycles. The van der Waals surface area contributed by atoms with Crippen LogP contribution in [0.25, 0.3) is 22.0 Å². The van der Waals surface area contributed by atoms with Crippen LogP contribution in [0.5, 0.6) is 5.75 Å². The number of benzene rings is 3. The molecule has 0 unspecified atom stereocenters. The van der Waals surface area contributed by atoms with Gasteiger partial charge in [-0.2, -0.15) is 0 Å². The normalized spacial score (nSPS) is 15.8. The number of amides is 2. The lowest BCUT2D eigenvalue weighted by molar-refractivity contribution is -0.120. The van der Waals surface area contributed by atoms with E-state index in [0.717, 1.165) is 22.0 Å². The highest BCUT2D eigenvalue weighted by molar-refractivity contribution is 6.05. The zero-order chi connectivity index (χ0) is 22.2. The molecule has 7 heteroatoms. The molecule has 2 N–H and O–H groups in total. The number of rotatable bonds is 3. The fraction of sp³-hybridized carbons (Fsp3) is 0.120. The summed E-state index contributed by atoms with van der Waals surface area (Å²) in [5.41, 5.74) is 3.43. The van der Waals surface area contributed by atoms with Gasteiger partial charge in [-0.25, -0.2) is 4.39 Å². The van der Waals surface area contributed by atoms with Crippen LogP contribution in [0.2, 0.25) is 0 Å². The van der Waals surface area contributed by atoms with Crippen LogP contribution in [0.1, 0.15) is 10.5 Å². The first-order valence-electron chi connectivity index (χ1n) is 10.2. The number of fused-ring (bicyclic) bond motifs is 2. The lowest BCUT2D eigenvalue weighted by atomic mass is 10.0. The highest BCUT2D eigenvalue weighted by Gasteiger charge is 2.31. The first-order chi connectivity index (χ1) is 15.5. The monoisotopic (exact) mass is 429 g/mol. The summed E-state index contributed by atoms with van der Waals surface area (Å²) in [6, 6.07) is 20.0. The predicted octanol–water partition coefficient (Wildman–Crippen LogP) is 4.13. The molecule has 0 spiro atoms. The molecule has 4 aromatic rings. The van der Waals surface area contributed by atoms with Gasteiger partial charge in [0.15, 0.2) is 0 Å². The van der Waals surface area contributed by atoms with Crippen molar-refractivity contribution >= 4 is 28.4 Å². The van der Waals surface area contributed by atoms with Gasteiger partial charge in [0.2, 0.25) is 0 Å². The Morgan fingerprint density at radius 3 is 2.69 bits per heavy atom. The number of anilines is 1. The van der Waals surface area contributed by atoms with Crippen LogP contribution in [-0.4, -0.2) is 36.5 Å². The van der Waals surface area contributed by atoms with Gasteiger partial charge in [-0.1, -0.05) is 42.5 Å². The highest BCUT2D eigenvalue weighted by Crippen LogP contribution is 2.31. The Morgan fingerprint density at radius 1 is 1.09 bits per heavy atom. The zero-order valence-electron chi connectivity index (χ0n) is 17.3. The molecule has 6 nitrogen and oxygen atoms in total. The average molecular weight is 429 g/mol. The van der Waals surface area contributed by atoms with E-state index in [1.165, 1.54) is 17.0 Å². The molecule has 1 aliphatic rings. The number of hydrogen-bond acceptors (Lipinski definition) is 3. The maximum absolute atomic E-state index is 13.3. The minimum Gasteiger partial charge on any atom is -0.489 e. The summed E-state index contributed by atoms with van der Waals surface area (Å²) >= 11 is 0. The fourth-order valence-electron chi connectivity index (χ4n) is 3.94. The molecule has 0 fully saturated rings. The number of hydrogen-bond donors (Lipinski definition) is 2. The summed E-state index contributed by atoms with van der Waals surface area (Å²) in [7, 11) is 1.66. The van der Waals surface area contributed by atoms with Crippen molar-refractivity contribution in [2.24, 2.45) is 0 Å². The third-order valence-electron chi connectivity index (χ3n) is 5.62. The minimum atomic E-state index is -0.831. The van der Waals surface area contributed by atoms with Crippen molar-refractivity contribution < 1.29 is 18.7 Å². The van der Waals surface area contributed by atoms with Gasteiger partial charge in [0.05, 0.1) is 11.2 Å². The topological polar surface area (TPSA) is 74.4 Å². The molecule has 0 aliphatic carbocycles. The molecular formula is C25H20FN3O3. The van der Waals surface area contributed by atoms with Gasteiger partial charge in [-0.15, -0.1) is 0 Å². The molecule has 0 saturated heterocycles. The quantitative estimate of drug-likeness (QED) is 0.514. The number of para-hydroxylation sites is 3. The van der Waals surface area contributed by atoms with Crippen molar-refractivity contribution in [2.45, 2.75) is 6.04 Å². The van der Waals surface area contributed by atoms with Crippen LogP contribution >= 0.6 is 0 Å². The molecule has 3 aromatic carbocycles. The van der Waals surface area contributed by atoms with Crippen LogP contribution in [0.4, 0.5) is 10.1 Å². The SMILES string of the molecule is CN1C(=O)[C@@H](NC(=O)c2cc3cccc(-c4ccc(F)cc4)c3[nH]2)COc2ccccc21. The molecular weight excluding hydrogens is 409 g/mol. The van der Waals surface area contributed by atoms with Gasteiger partial charge >= 0.3 is 0 Å². The number of carbonyl (C=O) groups is 2. The van der Waals surface area contributed by atoms with E-state index in [1.54, 1.807) is 37.4 Å². The maximum atomic E-state index is 13.3. The lowest BCUT2D eigenvalue weighted by Gasteiger charge is -2.20. The molecule has 2 heterocycles. The Morgan fingerprint density at radius 2 is 1.88 bits per heavy atom. The Kier molecular flexibility index (Phi) is 4.86. The van der Waals surface area contributed by atoms with Crippen molar-refractivity contribution in [3.05, 3.63) is 84.3 Å². The van der Waals surface area contributed by atoms with Crippen molar-refractivity contribution in [3.63, 3.8) is 0 Å². The summed E-state index contributed by atoms with van der Waals surface area (Å²) < 4.78 is 19.1. The van der Waals surface area contributed by atoms with Gasteiger partial charge < -0.3 is 19.9 Å². The van der Waals surface area contributed by atoms with E-state index in [1.807, 2.05) is 30.3 Å². The molecule has 0 bridgehead atoms. The first-order valence-corrected chi connectivity index (χ1v) is 10.2. The van der Waals surface area contributed by atoms with Crippen LogP contribution < -0.4 is 15.0 Å². The van der Waals surface area contributed by atoms with E-state index in [-0.39, 0.29) is 18.3 Å². The molecule has 2 amide bonds. The second-order valence-corrected chi connectivity index (χ2v) is 7.66. The number of halogens is 1. The number of likely N-dealkylation sites (N-methyl/N-ethyl adjacent to an activating group) is 1. The average Bonchev–Trinajstić information content (AvgIpc) is 3.22. The number of aromatic nitrogens is 1. The van der Waals surface area contributed by atoms with Crippen molar-refractivity contribution in [2.75, 3.05) is 18.6 Å². The molecule has 32 heavy (non-hydrogen) atoms. The zero-order valence-corrected chi connectivity index (χ0v) is 17.3. The van der Waals surface area contributed by atoms with Crippen molar-refractivity contribution in [1.82, 2.24) is 10.3 Å². The van der Waals surface area contributed by atoms with Crippen molar-refractivity contribution in [3.8, 4) is 16.9 Å². The highest BCUT2D eigenvalue weighted by atomic mass is 19.1. The smallest absolute Gasteiger partial charge is 0.268 e. The largest absolute Gasteiger partial charge is 0.489 e. The van der Waals surface area contributed by atoms with E-state index in [9.17, 15) is 14.0 Å². The van der Waals surface area contributed by atoms with Gasteiger partial charge in [0.25, 0.3) is 11.8 Å². The lowest BCUT2D eigenvalue weighted by Crippen LogP contribution is -2.49. The number of nitrogens with zero attached hydrogens (tertiary/aromatic N) is 1. The van der Waals surface area contributed by atoms with Gasteiger partial charge in [-0.05, 0) is 35.9 Å². The van der Waals surface area contributed by atoms with Gasteiger partial charge in [-0.3, -0.25) is 9.59 Å². The van der Waals surface area contributed by atoms with Crippen LogP contribution in [0, 0.1) is 5.82 Å².